The predicted molar refractivity (Wildman–Crippen MR) is 114 cm³/mol. The van der Waals surface area contributed by atoms with E-state index in [-0.39, 0.29) is 0 Å². The second-order valence-corrected chi connectivity index (χ2v) is 10.0. The molecule has 2 aliphatic rings. The van der Waals surface area contributed by atoms with Crippen molar-refractivity contribution in [3.63, 3.8) is 0 Å². The average molecular weight is 432 g/mol. The minimum absolute atomic E-state index is 0.453. The summed E-state index contributed by atoms with van der Waals surface area (Å²) in [5.74, 6) is 1.15. The molecule has 10 heteroatoms. The van der Waals surface area contributed by atoms with Crippen LogP contribution in [0.4, 0.5) is 16.3 Å². The lowest BCUT2D eigenvalue weighted by molar-refractivity contribution is 0.122. The van der Waals surface area contributed by atoms with Crippen LogP contribution in [0.15, 0.2) is 30.3 Å². The number of ether oxygens (including phenoxy) is 1. The molecule has 2 fully saturated rings. The Hall–Kier alpha value is -2.72. The summed E-state index contributed by atoms with van der Waals surface area (Å²) in [6.07, 6.45) is 3.26. The van der Waals surface area contributed by atoms with Crippen LogP contribution in [0.3, 0.4) is 0 Å². The van der Waals surface area contributed by atoms with E-state index >= 15 is 0 Å². The van der Waals surface area contributed by atoms with E-state index in [1.54, 1.807) is 24.3 Å². The summed E-state index contributed by atoms with van der Waals surface area (Å²) >= 11 is 0. The van der Waals surface area contributed by atoms with E-state index in [1.165, 1.54) is 6.26 Å². The Morgan fingerprint density at radius 1 is 1.17 bits per heavy atom. The largest absolute Gasteiger partial charge is 0.378 e. The number of carbonyl (C=O) groups is 1. The van der Waals surface area contributed by atoms with E-state index in [0.717, 1.165) is 12.0 Å². The fourth-order valence-corrected chi connectivity index (χ4v) is 5.43. The van der Waals surface area contributed by atoms with Crippen LogP contribution in [0.5, 0.6) is 0 Å². The Bertz CT molecular complexity index is 1050. The second-order valence-electron chi connectivity index (χ2n) is 7.72. The minimum atomic E-state index is -3.34. The lowest BCUT2D eigenvalue weighted by Crippen LogP contribution is -2.43. The number of morpholine rings is 1. The monoisotopic (exact) mass is 431 g/mol. The Morgan fingerprint density at radius 2 is 1.83 bits per heavy atom. The number of aromatic nitrogens is 2. The minimum Gasteiger partial charge on any atom is -0.378 e. The van der Waals surface area contributed by atoms with Crippen molar-refractivity contribution in [3.05, 3.63) is 36.0 Å². The molecule has 160 valence electrons. The molecule has 2 amide bonds. The highest BCUT2D eigenvalue weighted by Gasteiger charge is 2.49. The number of benzene rings is 1. The molecule has 3 N–H and O–H groups in total. The molecule has 4 rings (SSSR count). The molecule has 2 heterocycles. The van der Waals surface area contributed by atoms with E-state index in [4.69, 9.17) is 15.5 Å². The number of anilines is 2. The van der Waals surface area contributed by atoms with Crippen LogP contribution in [0, 0.1) is 0 Å². The van der Waals surface area contributed by atoms with Gasteiger partial charge < -0.3 is 20.7 Å². The van der Waals surface area contributed by atoms with Crippen LogP contribution in [0.1, 0.15) is 25.0 Å². The third-order valence-corrected chi connectivity index (χ3v) is 7.83. The Labute approximate surface area is 175 Å². The molecule has 0 unspecified atom stereocenters. The summed E-state index contributed by atoms with van der Waals surface area (Å²) in [4.78, 5) is 22.6. The van der Waals surface area contributed by atoms with Crippen molar-refractivity contribution in [2.75, 3.05) is 42.8 Å². The van der Waals surface area contributed by atoms with E-state index < -0.39 is 20.6 Å². The van der Waals surface area contributed by atoms with Crippen molar-refractivity contribution in [1.82, 2.24) is 9.97 Å². The number of nitrogens with zero attached hydrogens (tertiary/aromatic N) is 3. The molecule has 1 saturated heterocycles. The third kappa shape index (κ3) is 3.84. The van der Waals surface area contributed by atoms with Gasteiger partial charge in [-0.25, -0.2) is 23.2 Å². The van der Waals surface area contributed by atoms with Gasteiger partial charge in [0.25, 0.3) is 0 Å². The van der Waals surface area contributed by atoms with Crippen LogP contribution in [0.25, 0.3) is 11.4 Å². The first-order valence-corrected chi connectivity index (χ1v) is 11.8. The van der Waals surface area contributed by atoms with E-state index in [2.05, 4.69) is 15.2 Å². The Balaban J connectivity index is 1.79. The quantitative estimate of drug-likeness (QED) is 0.740. The molecule has 1 saturated carbocycles. The van der Waals surface area contributed by atoms with Gasteiger partial charge in [-0.15, -0.1) is 0 Å². The molecule has 1 aliphatic heterocycles. The van der Waals surface area contributed by atoms with Crippen molar-refractivity contribution in [2.45, 2.75) is 24.0 Å². The molecular formula is C20H25N5O4S. The van der Waals surface area contributed by atoms with Gasteiger partial charge in [0, 0.05) is 36.7 Å². The average Bonchev–Trinajstić information content (AvgIpc) is 2.66. The molecule has 0 radical (unpaired) electrons. The van der Waals surface area contributed by atoms with Gasteiger partial charge in [-0.05, 0) is 43.5 Å². The number of hydrogen-bond donors (Lipinski definition) is 2. The number of amides is 2. The summed E-state index contributed by atoms with van der Waals surface area (Å²) in [5, 5.41) is 2.52. The third-order valence-electron chi connectivity index (χ3n) is 5.80. The van der Waals surface area contributed by atoms with Gasteiger partial charge in [-0.3, -0.25) is 0 Å². The van der Waals surface area contributed by atoms with E-state index in [1.807, 2.05) is 6.07 Å². The van der Waals surface area contributed by atoms with Crippen molar-refractivity contribution in [2.24, 2.45) is 5.73 Å². The highest BCUT2D eigenvalue weighted by molar-refractivity contribution is 7.91. The number of sulfone groups is 1. The normalized spacial score (nSPS) is 18.5. The van der Waals surface area contributed by atoms with Crippen LogP contribution in [-0.4, -0.2) is 57.0 Å². The molecule has 1 aromatic heterocycles. The first-order chi connectivity index (χ1) is 14.3. The van der Waals surface area contributed by atoms with Crippen molar-refractivity contribution >= 4 is 27.4 Å². The second kappa shape index (κ2) is 7.84. The summed E-state index contributed by atoms with van der Waals surface area (Å²) in [7, 11) is -3.34. The number of urea groups is 1. The molecule has 2 aromatic rings. The fourth-order valence-electron chi connectivity index (χ4n) is 3.91. The number of carbonyl (C=O) groups excluding carboxylic acids is 1. The maximum atomic E-state index is 12.7. The zero-order chi connectivity index (χ0) is 21.4. The first kappa shape index (κ1) is 20.5. The zero-order valence-corrected chi connectivity index (χ0v) is 17.6. The van der Waals surface area contributed by atoms with Crippen LogP contribution >= 0.6 is 0 Å². The number of nitrogens with two attached hydrogens (primary N) is 1. The standard InChI is InChI=1S/C20H25N5O4S/c1-30(27,28)20(7-2-8-20)16-13-17(25-9-11-29-12-10-25)24-18(23-16)14-3-5-15(6-4-14)22-19(21)26/h3-6,13H,2,7-12H2,1H3,(H3,21,22,26). The number of hydrogen-bond acceptors (Lipinski definition) is 7. The van der Waals surface area contributed by atoms with Gasteiger partial charge in [0.1, 0.15) is 10.6 Å². The van der Waals surface area contributed by atoms with Crippen molar-refractivity contribution < 1.29 is 17.9 Å². The highest BCUT2D eigenvalue weighted by atomic mass is 32.2. The van der Waals surface area contributed by atoms with Crippen LogP contribution in [-0.2, 0) is 19.3 Å². The molecule has 0 atom stereocenters. The number of nitrogens with one attached hydrogen (secondary N) is 1. The maximum Gasteiger partial charge on any atom is 0.316 e. The smallest absolute Gasteiger partial charge is 0.316 e. The van der Waals surface area contributed by atoms with Gasteiger partial charge in [-0.1, -0.05) is 0 Å². The zero-order valence-electron chi connectivity index (χ0n) is 16.8. The molecule has 30 heavy (non-hydrogen) atoms. The topological polar surface area (TPSA) is 128 Å². The van der Waals surface area contributed by atoms with Gasteiger partial charge >= 0.3 is 6.03 Å². The SMILES string of the molecule is CS(=O)(=O)C1(c2cc(N3CCOCC3)nc(-c3ccc(NC(N)=O)cc3)n2)CCC1. The van der Waals surface area contributed by atoms with E-state index in [0.29, 0.717) is 62.2 Å². The van der Waals surface area contributed by atoms with Crippen LogP contribution < -0.4 is 16.0 Å². The molecule has 1 aliphatic carbocycles. The molecule has 1 aromatic carbocycles. The maximum absolute atomic E-state index is 12.7. The van der Waals surface area contributed by atoms with Gasteiger partial charge in [0.2, 0.25) is 0 Å². The van der Waals surface area contributed by atoms with E-state index in [9.17, 15) is 13.2 Å². The lowest BCUT2D eigenvalue weighted by Gasteiger charge is -2.40. The lowest BCUT2D eigenvalue weighted by atomic mass is 9.81. The van der Waals surface area contributed by atoms with Crippen molar-refractivity contribution in [3.8, 4) is 11.4 Å². The predicted octanol–water partition coefficient (Wildman–Crippen LogP) is 1.89. The Morgan fingerprint density at radius 3 is 2.37 bits per heavy atom. The summed E-state index contributed by atoms with van der Waals surface area (Å²) in [5.41, 5.74) is 6.99. The molecule has 9 nitrogen and oxygen atoms in total. The van der Waals surface area contributed by atoms with Gasteiger partial charge in [0.15, 0.2) is 15.7 Å². The molecule has 0 spiro atoms. The number of rotatable bonds is 5. The highest BCUT2D eigenvalue weighted by Crippen LogP contribution is 2.48. The summed E-state index contributed by atoms with van der Waals surface area (Å²) in [6, 6.07) is 8.15. The summed E-state index contributed by atoms with van der Waals surface area (Å²) in [6.45, 7) is 2.56. The molecule has 0 bridgehead atoms. The van der Waals surface area contributed by atoms with Crippen LogP contribution in [0.2, 0.25) is 0 Å². The number of primary amides is 1. The van der Waals surface area contributed by atoms with Gasteiger partial charge in [0.05, 0.1) is 18.9 Å². The van der Waals surface area contributed by atoms with Crippen molar-refractivity contribution in [1.29, 1.82) is 0 Å². The Kier molecular flexibility index (Phi) is 5.37. The summed E-state index contributed by atoms with van der Waals surface area (Å²) < 4.78 is 29.8. The first-order valence-electron chi connectivity index (χ1n) is 9.87. The fraction of sp³-hybridized carbons (Fsp3) is 0.450. The van der Waals surface area contributed by atoms with Gasteiger partial charge in [-0.2, -0.15) is 0 Å². The molecular weight excluding hydrogens is 406 g/mol.